The van der Waals surface area contributed by atoms with E-state index in [2.05, 4.69) is 35.8 Å². The third-order valence-corrected chi connectivity index (χ3v) is 9.55. The van der Waals surface area contributed by atoms with Crippen LogP contribution < -0.4 is 0 Å². The van der Waals surface area contributed by atoms with Crippen molar-refractivity contribution in [3.8, 4) is 0 Å². The van der Waals surface area contributed by atoms with Gasteiger partial charge in [-0.15, -0.1) is 0 Å². The maximum absolute atomic E-state index is 13.4. The summed E-state index contributed by atoms with van der Waals surface area (Å²) in [5.74, 6) is -0.333. The molecule has 0 radical (unpaired) electrons. The molecule has 5 aromatic rings. The minimum Gasteiger partial charge on any atom is -0.469 e. The molecule has 0 N–H and O–H groups in total. The second-order valence-electron chi connectivity index (χ2n) is 10.1. The highest BCUT2D eigenvalue weighted by atomic mass is 35.5. The molecule has 4 aromatic carbocycles. The second kappa shape index (κ2) is 12.3. The van der Waals surface area contributed by atoms with E-state index >= 15 is 0 Å². The second-order valence-corrected chi connectivity index (χ2v) is 12.7. The number of fused-ring (bicyclic) bond motifs is 1. The highest BCUT2D eigenvalue weighted by Gasteiger charge is 2.25. The molecule has 5 nitrogen and oxygen atoms in total. The molecule has 0 saturated heterocycles. The van der Waals surface area contributed by atoms with E-state index in [4.69, 9.17) is 16.3 Å². The van der Waals surface area contributed by atoms with Gasteiger partial charge in [-0.05, 0) is 72.4 Å². The van der Waals surface area contributed by atoms with Gasteiger partial charge in [0.25, 0.3) is 0 Å². The Hall–Kier alpha value is -3.87. The molecule has 1 aromatic heterocycles. The van der Waals surface area contributed by atoms with Crippen molar-refractivity contribution in [1.82, 2.24) is 4.57 Å². The lowest BCUT2D eigenvalue weighted by Crippen LogP contribution is -2.14. The average Bonchev–Trinajstić information content (AvgIpc) is 3.26. The zero-order valence-corrected chi connectivity index (χ0v) is 24.7. The van der Waals surface area contributed by atoms with Crippen LogP contribution in [0.3, 0.4) is 0 Å². The lowest BCUT2D eigenvalue weighted by Gasteiger charge is -2.23. The van der Waals surface area contributed by atoms with Gasteiger partial charge in [0.1, 0.15) is 0 Å². The monoisotopic (exact) mass is 585 g/mol. The molecule has 0 amide bonds. The van der Waals surface area contributed by atoms with Gasteiger partial charge in [-0.3, -0.25) is 4.79 Å². The molecule has 41 heavy (non-hydrogen) atoms. The first-order valence-corrected chi connectivity index (χ1v) is 15.6. The van der Waals surface area contributed by atoms with Crippen molar-refractivity contribution in [2.75, 3.05) is 12.9 Å². The summed E-state index contributed by atoms with van der Waals surface area (Å²) in [7, 11) is -2.20. The standard InChI is InChI=1S/C34H32ClNO4S/c1-24-30(21-22-41(38,39)29-17-13-25(14-18-29)15-20-33(37)40-2)31-23-28(35)16-19-32(31)36(24)34(26-9-5-3-6-10-26)27-11-7-4-8-12-27/h3-14,16-19,23,34H,15,20-22H2,1-2H3. The molecular formula is C34H32ClNO4S. The van der Waals surface area contributed by atoms with Crippen LogP contribution in [0.2, 0.25) is 5.02 Å². The largest absolute Gasteiger partial charge is 0.469 e. The van der Waals surface area contributed by atoms with E-state index in [9.17, 15) is 13.2 Å². The number of hydrogen-bond acceptors (Lipinski definition) is 4. The molecule has 0 bridgehead atoms. The van der Waals surface area contributed by atoms with E-state index in [1.807, 2.05) is 54.6 Å². The van der Waals surface area contributed by atoms with Gasteiger partial charge < -0.3 is 9.30 Å². The summed E-state index contributed by atoms with van der Waals surface area (Å²) in [6.07, 6.45) is 1.09. The van der Waals surface area contributed by atoms with Crippen molar-refractivity contribution in [2.24, 2.45) is 0 Å². The number of esters is 1. The summed E-state index contributed by atoms with van der Waals surface area (Å²) in [6, 6.07) is 33.2. The molecule has 7 heteroatoms. The number of hydrogen-bond donors (Lipinski definition) is 0. The lowest BCUT2D eigenvalue weighted by atomic mass is 9.98. The number of halogens is 1. The predicted octanol–water partition coefficient (Wildman–Crippen LogP) is 7.36. The van der Waals surface area contributed by atoms with Crippen molar-refractivity contribution in [3.63, 3.8) is 0 Å². The Morgan fingerprint density at radius 3 is 2.05 bits per heavy atom. The summed E-state index contributed by atoms with van der Waals surface area (Å²) in [5.41, 5.74) is 6.15. The molecule has 5 rings (SSSR count). The Bertz CT molecular complexity index is 1720. The Morgan fingerprint density at radius 1 is 0.854 bits per heavy atom. The van der Waals surface area contributed by atoms with E-state index in [1.54, 1.807) is 24.3 Å². The Morgan fingerprint density at radius 2 is 1.46 bits per heavy atom. The van der Waals surface area contributed by atoms with Gasteiger partial charge in [0.15, 0.2) is 9.84 Å². The Kier molecular flexibility index (Phi) is 8.62. The van der Waals surface area contributed by atoms with Crippen LogP contribution >= 0.6 is 11.6 Å². The summed E-state index contributed by atoms with van der Waals surface area (Å²) in [6.45, 7) is 2.06. The first kappa shape index (κ1) is 28.7. The number of nitrogens with zero attached hydrogens (tertiary/aromatic N) is 1. The number of carbonyl (C=O) groups excluding carboxylic acids is 1. The molecule has 0 atom stereocenters. The third-order valence-electron chi connectivity index (χ3n) is 7.58. The van der Waals surface area contributed by atoms with Crippen LogP contribution in [-0.2, 0) is 32.2 Å². The van der Waals surface area contributed by atoms with Crippen LogP contribution in [0.15, 0.2) is 108 Å². The number of benzene rings is 4. The van der Waals surface area contributed by atoms with Crippen molar-refractivity contribution in [2.45, 2.75) is 37.1 Å². The number of rotatable bonds is 10. The van der Waals surface area contributed by atoms with Gasteiger partial charge in [0.2, 0.25) is 0 Å². The van der Waals surface area contributed by atoms with Crippen LogP contribution in [0, 0.1) is 6.92 Å². The zero-order valence-electron chi connectivity index (χ0n) is 23.1. The summed E-state index contributed by atoms with van der Waals surface area (Å²) >= 11 is 6.46. The van der Waals surface area contributed by atoms with E-state index in [0.717, 1.165) is 38.9 Å². The van der Waals surface area contributed by atoms with Crippen LogP contribution in [0.1, 0.15) is 40.4 Å². The fourth-order valence-electron chi connectivity index (χ4n) is 5.46. The summed E-state index contributed by atoms with van der Waals surface area (Å²) in [5, 5.41) is 1.57. The molecule has 0 aliphatic heterocycles. The average molecular weight is 586 g/mol. The van der Waals surface area contributed by atoms with E-state index < -0.39 is 9.84 Å². The lowest BCUT2D eigenvalue weighted by molar-refractivity contribution is -0.140. The SMILES string of the molecule is COC(=O)CCc1ccc(S(=O)(=O)CCc2c(C)n(C(c3ccccc3)c3ccccc3)c3ccc(Cl)cc23)cc1. The molecule has 0 aliphatic carbocycles. The van der Waals surface area contributed by atoms with Gasteiger partial charge in [-0.1, -0.05) is 84.4 Å². The maximum atomic E-state index is 13.4. The van der Waals surface area contributed by atoms with Gasteiger partial charge in [0, 0.05) is 28.0 Å². The fraction of sp³-hybridized carbons (Fsp3) is 0.206. The Labute approximate surface area is 246 Å². The molecule has 1 heterocycles. The topological polar surface area (TPSA) is 65.4 Å². The van der Waals surface area contributed by atoms with E-state index in [1.165, 1.54) is 7.11 Å². The number of aryl methyl sites for hydroxylation is 2. The van der Waals surface area contributed by atoms with Crippen molar-refractivity contribution in [1.29, 1.82) is 0 Å². The molecular weight excluding hydrogens is 554 g/mol. The van der Waals surface area contributed by atoms with E-state index in [-0.39, 0.29) is 29.1 Å². The third kappa shape index (κ3) is 6.24. The zero-order chi connectivity index (χ0) is 29.0. The van der Waals surface area contributed by atoms with Crippen molar-refractivity contribution >= 4 is 38.3 Å². The normalized spacial score (nSPS) is 11.7. The molecule has 0 spiro atoms. The molecule has 0 fully saturated rings. The molecule has 210 valence electrons. The molecule has 0 aliphatic rings. The first-order chi connectivity index (χ1) is 19.8. The molecule has 0 unspecified atom stereocenters. The number of sulfone groups is 1. The van der Waals surface area contributed by atoms with Crippen LogP contribution in [0.25, 0.3) is 10.9 Å². The number of aromatic nitrogens is 1. The van der Waals surface area contributed by atoms with Gasteiger partial charge in [-0.2, -0.15) is 0 Å². The van der Waals surface area contributed by atoms with Crippen molar-refractivity contribution < 1.29 is 17.9 Å². The highest BCUT2D eigenvalue weighted by Crippen LogP contribution is 2.37. The number of carbonyl (C=O) groups is 1. The van der Waals surface area contributed by atoms with Gasteiger partial charge in [-0.25, -0.2) is 8.42 Å². The Balaban J connectivity index is 1.50. The smallest absolute Gasteiger partial charge is 0.305 e. The van der Waals surface area contributed by atoms with Crippen molar-refractivity contribution in [3.05, 3.63) is 136 Å². The minimum atomic E-state index is -3.56. The minimum absolute atomic E-state index is 0.0394. The maximum Gasteiger partial charge on any atom is 0.305 e. The van der Waals surface area contributed by atoms with Crippen LogP contribution in [0.5, 0.6) is 0 Å². The van der Waals surface area contributed by atoms with Crippen LogP contribution in [-0.4, -0.2) is 31.8 Å². The number of ether oxygens (including phenoxy) is 1. The van der Waals surface area contributed by atoms with Crippen LogP contribution in [0.4, 0.5) is 0 Å². The fourth-order valence-corrected chi connectivity index (χ4v) is 6.89. The first-order valence-electron chi connectivity index (χ1n) is 13.6. The summed E-state index contributed by atoms with van der Waals surface area (Å²) < 4.78 is 33.8. The predicted molar refractivity (Wildman–Crippen MR) is 164 cm³/mol. The van der Waals surface area contributed by atoms with Gasteiger partial charge >= 0.3 is 5.97 Å². The highest BCUT2D eigenvalue weighted by molar-refractivity contribution is 7.91. The quantitative estimate of drug-likeness (QED) is 0.161. The number of methoxy groups -OCH3 is 1. The molecule has 0 saturated carbocycles. The van der Waals surface area contributed by atoms with E-state index in [0.29, 0.717) is 17.9 Å². The summed E-state index contributed by atoms with van der Waals surface area (Å²) in [4.78, 5) is 11.7. The van der Waals surface area contributed by atoms with Gasteiger partial charge in [0.05, 0.1) is 23.8 Å².